The van der Waals surface area contributed by atoms with E-state index in [4.69, 9.17) is 0 Å². The van der Waals surface area contributed by atoms with Crippen molar-refractivity contribution >= 4 is 21.6 Å². The molecule has 2 aromatic rings. The standard InChI is InChI=1S/C19H24N2O3S/c1-19(2,3)15-8-6-14(7-9-15)18(22)20-16-10-12-17(13-11-16)25(23,24)21(4)5/h6-13H,1-5H3,(H,20,22). The molecule has 0 aliphatic rings. The van der Waals surface area contributed by atoms with Crippen LogP contribution in [0.5, 0.6) is 0 Å². The second kappa shape index (κ2) is 6.98. The summed E-state index contributed by atoms with van der Waals surface area (Å²) in [6.07, 6.45) is 0. The van der Waals surface area contributed by atoms with Crippen molar-refractivity contribution in [3.63, 3.8) is 0 Å². The molecular formula is C19H24N2O3S. The number of nitrogens with zero attached hydrogens (tertiary/aromatic N) is 1. The van der Waals surface area contributed by atoms with Crippen LogP contribution in [0.15, 0.2) is 53.4 Å². The summed E-state index contributed by atoms with van der Waals surface area (Å²) in [5.41, 5.74) is 2.28. The molecule has 2 rings (SSSR count). The second-order valence-electron chi connectivity index (χ2n) is 7.09. The fraction of sp³-hybridized carbons (Fsp3) is 0.316. The van der Waals surface area contributed by atoms with Crippen molar-refractivity contribution in [1.29, 1.82) is 0 Å². The van der Waals surface area contributed by atoms with Gasteiger partial charge >= 0.3 is 0 Å². The zero-order valence-corrected chi connectivity index (χ0v) is 16.0. The first-order valence-electron chi connectivity index (χ1n) is 7.96. The molecule has 0 aliphatic heterocycles. The Balaban J connectivity index is 2.13. The van der Waals surface area contributed by atoms with E-state index in [0.29, 0.717) is 11.3 Å². The first-order chi connectivity index (χ1) is 11.5. The maximum absolute atomic E-state index is 12.3. The van der Waals surface area contributed by atoms with Crippen LogP contribution in [0.25, 0.3) is 0 Å². The molecule has 0 heterocycles. The van der Waals surface area contributed by atoms with Gasteiger partial charge in [0.25, 0.3) is 5.91 Å². The van der Waals surface area contributed by atoms with Crippen LogP contribution in [0.4, 0.5) is 5.69 Å². The predicted molar refractivity (Wildman–Crippen MR) is 100 cm³/mol. The SMILES string of the molecule is CN(C)S(=O)(=O)c1ccc(NC(=O)c2ccc(C(C)(C)C)cc2)cc1. The summed E-state index contributed by atoms with van der Waals surface area (Å²) in [6.45, 7) is 6.35. The third-order valence-corrected chi connectivity index (χ3v) is 5.73. The van der Waals surface area contributed by atoms with Crippen molar-refractivity contribution in [3.8, 4) is 0 Å². The Hall–Kier alpha value is -2.18. The summed E-state index contributed by atoms with van der Waals surface area (Å²) in [5, 5.41) is 2.78. The molecule has 0 aliphatic carbocycles. The van der Waals surface area contributed by atoms with Gasteiger partial charge in [-0.25, -0.2) is 12.7 Å². The van der Waals surface area contributed by atoms with Crippen LogP contribution in [-0.4, -0.2) is 32.7 Å². The zero-order valence-electron chi connectivity index (χ0n) is 15.2. The number of sulfonamides is 1. The molecule has 1 amide bonds. The van der Waals surface area contributed by atoms with Gasteiger partial charge in [0.15, 0.2) is 0 Å². The van der Waals surface area contributed by atoms with Gasteiger partial charge in [-0.15, -0.1) is 0 Å². The topological polar surface area (TPSA) is 66.5 Å². The molecule has 0 unspecified atom stereocenters. The molecule has 0 spiro atoms. The molecule has 0 aromatic heterocycles. The Morgan fingerprint density at radius 2 is 1.44 bits per heavy atom. The highest BCUT2D eigenvalue weighted by molar-refractivity contribution is 7.89. The Morgan fingerprint density at radius 3 is 1.88 bits per heavy atom. The number of carbonyl (C=O) groups is 1. The molecule has 0 bridgehead atoms. The van der Waals surface area contributed by atoms with Gasteiger partial charge in [0.1, 0.15) is 0 Å². The summed E-state index contributed by atoms with van der Waals surface area (Å²) < 4.78 is 25.2. The monoisotopic (exact) mass is 360 g/mol. The fourth-order valence-corrected chi connectivity index (χ4v) is 3.15. The number of nitrogens with one attached hydrogen (secondary N) is 1. The molecule has 0 fully saturated rings. The number of benzene rings is 2. The van der Waals surface area contributed by atoms with E-state index in [-0.39, 0.29) is 16.2 Å². The lowest BCUT2D eigenvalue weighted by atomic mass is 9.87. The summed E-state index contributed by atoms with van der Waals surface area (Å²) >= 11 is 0. The van der Waals surface area contributed by atoms with Crippen molar-refractivity contribution in [1.82, 2.24) is 4.31 Å². The van der Waals surface area contributed by atoms with Crippen LogP contribution in [-0.2, 0) is 15.4 Å². The minimum Gasteiger partial charge on any atom is -0.322 e. The van der Waals surface area contributed by atoms with Gasteiger partial charge in [-0.05, 0) is 47.4 Å². The Bertz CT molecular complexity index is 847. The summed E-state index contributed by atoms with van der Waals surface area (Å²) in [4.78, 5) is 12.5. The minimum absolute atomic E-state index is 0.0305. The van der Waals surface area contributed by atoms with Crippen molar-refractivity contribution in [2.75, 3.05) is 19.4 Å². The minimum atomic E-state index is -3.47. The number of hydrogen-bond donors (Lipinski definition) is 1. The third-order valence-electron chi connectivity index (χ3n) is 3.90. The van der Waals surface area contributed by atoms with E-state index in [1.165, 1.54) is 26.2 Å². The van der Waals surface area contributed by atoms with E-state index in [0.717, 1.165) is 9.87 Å². The van der Waals surface area contributed by atoms with Gasteiger partial charge in [-0.2, -0.15) is 0 Å². The normalized spacial score (nSPS) is 12.2. The van der Waals surface area contributed by atoms with E-state index >= 15 is 0 Å². The van der Waals surface area contributed by atoms with Gasteiger partial charge in [0, 0.05) is 25.3 Å². The van der Waals surface area contributed by atoms with E-state index in [9.17, 15) is 13.2 Å². The quantitative estimate of drug-likeness (QED) is 0.908. The van der Waals surface area contributed by atoms with Crippen molar-refractivity contribution in [2.45, 2.75) is 31.1 Å². The lowest BCUT2D eigenvalue weighted by Crippen LogP contribution is -2.22. The largest absolute Gasteiger partial charge is 0.322 e. The summed E-state index contributed by atoms with van der Waals surface area (Å²) in [6, 6.07) is 13.6. The first kappa shape index (κ1) is 19.1. The Morgan fingerprint density at radius 1 is 0.920 bits per heavy atom. The maximum Gasteiger partial charge on any atom is 0.255 e. The van der Waals surface area contributed by atoms with Crippen molar-refractivity contribution in [3.05, 3.63) is 59.7 Å². The van der Waals surface area contributed by atoms with Gasteiger partial charge in [0.05, 0.1) is 4.90 Å². The lowest BCUT2D eigenvalue weighted by molar-refractivity contribution is 0.102. The third kappa shape index (κ3) is 4.46. The number of hydrogen-bond acceptors (Lipinski definition) is 3. The van der Waals surface area contributed by atoms with Crippen LogP contribution in [0, 0.1) is 0 Å². The van der Waals surface area contributed by atoms with Crippen LogP contribution < -0.4 is 5.32 Å². The van der Waals surface area contributed by atoms with E-state index in [2.05, 4.69) is 26.1 Å². The lowest BCUT2D eigenvalue weighted by Gasteiger charge is -2.19. The molecular weight excluding hydrogens is 336 g/mol. The molecule has 0 atom stereocenters. The molecule has 0 saturated heterocycles. The molecule has 134 valence electrons. The van der Waals surface area contributed by atoms with E-state index < -0.39 is 10.0 Å². The molecule has 2 aromatic carbocycles. The van der Waals surface area contributed by atoms with Crippen molar-refractivity contribution in [2.24, 2.45) is 0 Å². The van der Waals surface area contributed by atoms with Crippen LogP contribution in [0.2, 0.25) is 0 Å². The number of rotatable bonds is 4. The second-order valence-corrected chi connectivity index (χ2v) is 9.25. The van der Waals surface area contributed by atoms with Gasteiger partial charge in [-0.1, -0.05) is 32.9 Å². The van der Waals surface area contributed by atoms with E-state index in [1.54, 1.807) is 24.3 Å². The average Bonchev–Trinajstić information content (AvgIpc) is 2.54. The molecule has 0 radical (unpaired) electrons. The Labute approximate surface area is 149 Å². The van der Waals surface area contributed by atoms with Gasteiger partial charge in [0.2, 0.25) is 10.0 Å². The summed E-state index contributed by atoms with van der Waals surface area (Å²) in [7, 11) is -0.516. The molecule has 5 nitrogen and oxygen atoms in total. The number of anilines is 1. The predicted octanol–water partition coefficient (Wildman–Crippen LogP) is 3.49. The zero-order chi connectivity index (χ0) is 18.8. The van der Waals surface area contributed by atoms with Gasteiger partial charge in [-0.3, -0.25) is 4.79 Å². The smallest absolute Gasteiger partial charge is 0.255 e. The number of amides is 1. The first-order valence-corrected chi connectivity index (χ1v) is 9.40. The molecule has 6 heteroatoms. The van der Waals surface area contributed by atoms with Crippen molar-refractivity contribution < 1.29 is 13.2 Å². The fourth-order valence-electron chi connectivity index (χ4n) is 2.25. The molecule has 25 heavy (non-hydrogen) atoms. The molecule has 0 saturated carbocycles. The van der Waals surface area contributed by atoms with Crippen LogP contribution in [0.3, 0.4) is 0 Å². The van der Waals surface area contributed by atoms with Crippen LogP contribution >= 0.6 is 0 Å². The molecule has 1 N–H and O–H groups in total. The van der Waals surface area contributed by atoms with E-state index in [1.807, 2.05) is 12.1 Å². The van der Waals surface area contributed by atoms with Crippen LogP contribution in [0.1, 0.15) is 36.7 Å². The highest BCUT2D eigenvalue weighted by atomic mass is 32.2. The van der Waals surface area contributed by atoms with Gasteiger partial charge < -0.3 is 5.32 Å². The average molecular weight is 360 g/mol. The highest BCUT2D eigenvalue weighted by Crippen LogP contribution is 2.22. The highest BCUT2D eigenvalue weighted by Gasteiger charge is 2.17. The number of carbonyl (C=O) groups excluding carboxylic acids is 1. The summed E-state index contributed by atoms with van der Waals surface area (Å²) in [5.74, 6) is -0.233. The Kier molecular flexibility index (Phi) is 5.34. The maximum atomic E-state index is 12.3.